The molecule has 0 heterocycles. The highest BCUT2D eigenvalue weighted by Crippen LogP contribution is 2.45. The lowest BCUT2D eigenvalue weighted by Gasteiger charge is -2.36. The summed E-state index contributed by atoms with van der Waals surface area (Å²) in [6, 6.07) is 7.82. The van der Waals surface area contributed by atoms with Crippen molar-refractivity contribution in [3.8, 4) is 0 Å². The number of carbonyl (C=O) groups is 1. The first-order chi connectivity index (χ1) is 14.9. The van der Waals surface area contributed by atoms with Crippen LogP contribution in [-0.4, -0.2) is 31.7 Å². The van der Waals surface area contributed by atoms with Gasteiger partial charge in [0.15, 0.2) is 0 Å². The van der Waals surface area contributed by atoms with E-state index in [-0.39, 0.29) is 25.0 Å². The van der Waals surface area contributed by atoms with Gasteiger partial charge in [-0.25, -0.2) is 4.79 Å². The maximum absolute atomic E-state index is 14.1. The molecule has 2 atom stereocenters. The summed E-state index contributed by atoms with van der Waals surface area (Å²) in [4.78, 5) is 10.9. The maximum Gasteiger partial charge on any atom is 0.418 e. The molecule has 0 aliphatic heterocycles. The molecule has 2 aromatic rings. The Balaban J connectivity index is 2.21. The van der Waals surface area contributed by atoms with E-state index < -0.39 is 44.8 Å². The van der Waals surface area contributed by atoms with Crippen molar-refractivity contribution >= 4 is 27.8 Å². The molecule has 1 aliphatic rings. The topological polar surface area (TPSA) is 92.7 Å². The van der Waals surface area contributed by atoms with Gasteiger partial charge in [0.1, 0.15) is 4.90 Å². The molecule has 11 heteroatoms. The second-order valence-electron chi connectivity index (χ2n) is 7.43. The molecule has 1 aliphatic carbocycles. The van der Waals surface area contributed by atoms with Gasteiger partial charge >= 0.3 is 12.3 Å². The molecule has 0 saturated carbocycles. The van der Waals surface area contributed by atoms with Gasteiger partial charge in [-0.3, -0.25) is 4.55 Å². The van der Waals surface area contributed by atoms with Crippen molar-refractivity contribution in [2.75, 3.05) is 6.61 Å². The largest absolute Gasteiger partial charge is 0.450 e. The molecular weight excluding hydrogens is 471 g/mol. The zero-order chi connectivity index (χ0) is 23.7. The molecular formula is C21H21ClF3NO5S. The van der Waals surface area contributed by atoms with Crippen LogP contribution in [0.3, 0.4) is 0 Å². The van der Waals surface area contributed by atoms with Crippen LogP contribution in [0.15, 0.2) is 41.3 Å². The number of amides is 1. The minimum atomic E-state index is -5.16. The van der Waals surface area contributed by atoms with Gasteiger partial charge < -0.3 is 10.1 Å². The molecule has 0 saturated heterocycles. The average molecular weight is 492 g/mol. The molecule has 2 aromatic carbocycles. The van der Waals surface area contributed by atoms with E-state index in [9.17, 15) is 30.9 Å². The molecule has 2 N–H and O–H groups in total. The van der Waals surface area contributed by atoms with Crippen LogP contribution in [0.4, 0.5) is 18.0 Å². The highest BCUT2D eigenvalue weighted by molar-refractivity contribution is 7.85. The number of benzene rings is 2. The number of hydrogen-bond acceptors (Lipinski definition) is 4. The molecule has 1 amide bonds. The number of carbonyl (C=O) groups excluding carboxylic acids is 1. The zero-order valence-electron chi connectivity index (χ0n) is 16.9. The van der Waals surface area contributed by atoms with Crippen LogP contribution in [0.2, 0.25) is 5.02 Å². The van der Waals surface area contributed by atoms with Crippen LogP contribution >= 0.6 is 11.6 Å². The fourth-order valence-electron chi connectivity index (χ4n) is 4.16. The fourth-order valence-corrected chi connectivity index (χ4v) is 5.10. The number of halogens is 4. The number of ether oxygens (including phenoxy) is 1. The van der Waals surface area contributed by atoms with E-state index in [4.69, 9.17) is 16.3 Å². The lowest BCUT2D eigenvalue weighted by Crippen LogP contribution is -2.44. The van der Waals surface area contributed by atoms with E-state index in [2.05, 4.69) is 5.32 Å². The molecule has 0 spiro atoms. The Morgan fingerprint density at radius 1 is 1.28 bits per heavy atom. The third-order valence-electron chi connectivity index (χ3n) is 5.36. The summed E-state index contributed by atoms with van der Waals surface area (Å²) < 4.78 is 80.4. The molecule has 174 valence electrons. The summed E-state index contributed by atoms with van der Waals surface area (Å²) in [7, 11) is -5.16. The summed E-state index contributed by atoms with van der Waals surface area (Å²) >= 11 is 6.03. The van der Waals surface area contributed by atoms with Gasteiger partial charge in [-0.2, -0.15) is 21.6 Å². The second-order valence-corrected chi connectivity index (χ2v) is 9.26. The summed E-state index contributed by atoms with van der Waals surface area (Å²) in [5, 5.41) is 2.99. The van der Waals surface area contributed by atoms with Gasteiger partial charge in [-0.15, -0.1) is 0 Å². The lowest BCUT2D eigenvalue weighted by atomic mass is 9.74. The summed E-state index contributed by atoms with van der Waals surface area (Å²) in [5.41, 5.74) is -0.768. The first kappa shape index (κ1) is 24.3. The standard InChI is InChI=1S/C21H21ClF3NO5S/c1-2-31-20(27)26-16-8-6-13-7-9-17(32(28,29)30)19(21(23,24)25)18(13)15(16)11-12-4-3-5-14(22)10-12/h3-5,7,9-10,15-16H,2,6,8,11H2,1H3,(H,26,27)(H,28,29,30). The maximum atomic E-state index is 14.1. The highest BCUT2D eigenvalue weighted by atomic mass is 35.5. The van der Waals surface area contributed by atoms with Crippen LogP contribution in [0.25, 0.3) is 0 Å². The minimum Gasteiger partial charge on any atom is -0.450 e. The SMILES string of the molecule is CCOC(=O)NC1CCc2ccc(S(=O)(=O)O)c(C(F)(F)F)c2C1Cc1cccc(Cl)c1. The van der Waals surface area contributed by atoms with Crippen LogP contribution < -0.4 is 5.32 Å². The zero-order valence-corrected chi connectivity index (χ0v) is 18.5. The van der Waals surface area contributed by atoms with Gasteiger partial charge in [0.2, 0.25) is 0 Å². The number of alkyl carbamates (subject to hydrolysis) is 1. The van der Waals surface area contributed by atoms with Gasteiger partial charge in [-0.05, 0) is 61.1 Å². The van der Waals surface area contributed by atoms with E-state index in [0.717, 1.165) is 6.07 Å². The first-order valence-electron chi connectivity index (χ1n) is 9.80. The van der Waals surface area contributed by atoms with Crippen LogP contribution in [0.5, 0.6) is 0 Å². The van der Waals surface area contributed by atoms with E-state index in [1.165, 1.54) is 6.07 Å². The second kappa shape index (κ2) is 9.29. The van der Waals surface area contributed by atoms with Crippen molar-refractivity contribution in [1.82, 2.24) is 5.32 Å². The van der Waals surface area contributed by atoms with Gasteiger partial charge in [-0.1, -0.05) is 29.8 Å². The summed E-state index contributed by atoms with van der Waals surface area (Å²) in [6.07, 6.45) is -5.30. The van der Waals surface area contributed by atoms with Gasteiger partial charge in [0.05, 0.1) is 12.2 Å². The van der Waals surface area contributed by atoms with E-state index in [1.807, 2.05) is 0 Å². The van der Waals surface area contributed by atoms with Gasteiger partial charge in [0, 0.05) is 17.0 Å². The Hall–Kier alpha value is -2.30. The number of hydrogen-bond donors (Lipinski definition) is 2. The van der Waals surface area contributed by atoms with Crippen molar-refractivity contribution in [2.45, 2.75) is 49.2 Å². The fraction of sp³-hybridized carbons (Fsp3) is 0.381. The smallest absolute Gasteiger partial charge is 0.418 e. The molecule has 32 heavy (non-hydrogen) atoms. The Kier molecular flexibility index (Phi) is 7.06. The molecule has 3 rings (SSSR count). The van der Waals surface area contributed by atoms with E-state index in [0.29, 0.717) is 22.6 Å². The quantitative estimate of drug-likeness (QED) is 0.575. The van der Waals surface area contributed by atoms with Crippen LogP contribution in [0, 0.1) is 0 Å². The molecule has 6 nitrogen and oxygen atoms in total. The summed E-state index contributed by atoms with van der Waals surface area (Å²) in [5.74, 6) is -0.944. The number of aryl methyl sites for hydroxylation is 1. The van der Waals surface area contributed by atoms with E-state index in [1.54, 1.807) is 31.2 Å². The Labute approximate surface area is 188 Å². The highest BCUT2D eigenvalue weighted by Gasteiger charge is 2.45. The monoisotopic (exact) mass is 491 g/mol. The molecule has 0 bridgehead atoms. The average Bonchev–Trinajstić information content (AvgIpc) is 2.67. The predicted molar refractivity (Wildman–Crippen MR) is 111 cm³/mol. The normalized spacial score (nSPS) is 18.7. The molecule has 0 radical (unpaired) electrons. The van der Waals surface area contributed by atoms with Gasteiger partial charge in [0.25, 0.3) is 10.1 Å². The van der Waals surface area contributed by atoms with Crippen LogP contribution in [0.1, 0.15) is 41.5 Å². The third-order valence-corrected chi connectivity index (χ3v) is 6.49. The number of rotatable bonds is 5. The van der Waals surface area contributed by atoms with Crippen molar-refractivity contribution in [3.63, 3.8) is 0 Å². The number of fused-ring (bicyclic) bond motifs is 1. The minimum absolute atomic E-state index is 0.0443. The third kappa shape index (κ3) is 5.36. The van der Waals surface area contributed by atoms with Crippen molar-refractivity contribution in [1.29, 1.82) is 0 Å². The lowest BCUT2D eigenvalue weighted by molar-refractivity contribution is -0.141. The number of nitrogens with one attached hydrogen (secondary N) is 1. The summed E-state index contributed by atoms with van der Waals surface area (Å²) in [6.45, 7) is 1.67. The van der Waals surface area contributed by atoms with Crippen molar-refractivity contribution in [2.24, 2.45) is 0 Å². The Bertz CT molecular complexity index is 1120. The van der Waals surface area contributed by atoms with Crippen LogP contribution in [-0.2, 0) is 33.9 Å². The molecule has 0 fully saturated rings. The Morgan fingerprint density at radius 3 is 2.59 bits per heavy atom. The molecule has 0 aromatic heterocycles. The van der Waals surface area contributed by atoms with Crippen molar-refractivity contribution < 1.29 is 35.7 Å². The predicted octanol–water partition coefficient (Wildman–Crippen LogP) is 4.99. The number of alkyl halides is 3. The van der Waals surface area contributed by atoms with E-state index >= 15 is 0 Å². The first-order valence-corrected chi connectivity index (χ1v) is 11.6. The molecule has 2 unspecified atom stereocenters. The van der Waals surface area contributed by atoms with Crippen molar-refractivity contribution in [3.05, 3.63) is 63.7 Å². The Morgan fingerprint density at radius 2 is 2.00 bits per heavy atom.